The summed E-state index contributed by atoms with van der Waals surface area (Å²) in [6.07, 6.45) is 1.68. The highest BCUT2D eigenvalue weighted by Gasteiger charge is 2.20. The second-order valence-corrected chi connectivity index (χ2v) is 6.35. The quantitative estimate of drug-likeness (QED) is 0.659. The summed E-state index contributed by atoms with van der Waals surface area (Å²) in [4.78, 5) is 9.81. The molecule has 0 saturated carbocycles. The van der Waals surface area contributed by atoms with Crippen LogP contribution >= 0.6 is 11.6 Å². The van der Waals surface area contributed by atoms with E-state index in [1.54, 1.807) is 19.3 Å². The number of aromatic nitrogens is 2. The summed E-state index contributed by atoms with van der Waals surface area (Å²) < 4.78 is 28.0. The van der Waals surface area contributed by atoms with Crippen molar-refractivity contribution in [3.8, 4) is 0 Å². The molecule has 2 rings (SSSR count). The monoisotopic (exact) mass is 330 g/mol. The van der Waals surface area contributed by atoms with Crippen LogP contribution in [0, 0.1) is 10.1 Å². The number of rotatable bonds is 5. The van der Waals surface area contributed by atoms with Crippen molar-refractivity contribution in [2.24, 2.45) is 7.05 Å². The number of hydrogen-bond acceptors (Lipinski definition) is 5. The van der Waals surface area contributed by atoms with Gasteiger partial charge >= 0.3 is 0 Å². The first kappa shape index (κ1) is 15.4. The van der Waals surface area contributed by atoms with Gasteiger partial charge in [-0.05, 0) is 18.2 Å². The average Bonchev–Trinajstić information content (AvgIpc) is 2.82. The summed E-state index contributed by atoms with van der Waals surface area (Å²) in [5, 5.41) is 14.7. The van der Waals surface area contributed by atoms with Gasteiger partial charge in [-0.3, -0.25) is 14.8 Å². The summed E-state index contributed by atoms with van der Waals surface area (Å²) >= 11 is 5.65. The number of nitro groups is 1. The summed E-state index contributed by atoms with van der Waals surface area (Å²) in [5.74, 6) is 0. The van der Waals surface area contributed by atoms with E-state index in [2.05, 4.69) is 9.82 Å². The molecule has 1 aromatic carbocycles. The minimum Gasteiger partial charge on any atom is -0.276 e. The number of nitro benzene ring substituents is 1. The highest BCUT2D eigenvalue weighted by Crippen LogP contribution is 2.26. The minimum atomic E-state index is -3.88. The van der Waals surface area contributed by atoms with Crippen molar-refractivity contribution < 1.29 is 13.3 Å². The third-order valence-electron chi connectivity index (χ3n) is 2.64. The highest BCUT2D eigenvalue weighted by molar-refractivity contribution is 7.89. The number of sulfonamides is 1. The normalized spacial score (nSPS) is 11.5. The lowest BCUT2D eigenvalue weighted by molar-refractivity contribution is -0.384. The first-order valence-corrected chi connectivity index (χ1v) is 7.58. The minimum absolute atomic E-state index is 0.0143. The molecule has 1 N–H and O–H groups in total. The van der Waals surface area contributed by atoms with Gasteiger partial charge in [-0.15, -0.1) is 0 Å². The second-order valence-electron chi connectivity index (χ2n) is 4.18. The van der Waals surface area contributed by atoms with Gasteiger partial charge in [0.05, 0.1) is 22.1 Å². The zero-order valence-electron chi connectivity index (χ0n) is 10.9. The van der Waals surface area contributed by atoms with Crippen LogP contribution in [0.3, 0.4) is 0 Å². The van der Waals surface area contributed by atoms with Gasteiger partial charge in [-0.1, -0.05) is 11.6 Å². The Bertz CT molecular complexity index is 787. The molecule has 21 heavy (non-hydrogen) atoms. The Morgan fingerprint density at radius 2 is 2.14 bits per heavy atom. The predicted octanol–water partition coefficient (Wildman–Crippen LogP) is 1.46. The van der Waals surface area contributed by atoms with Gasteiger partial charge in [-0.25, -0.2) is 13.1 Å². The molecule has 8 nitrogen and oxygen atoms in total. The molecule has 0 spiro atoms. The highest BCUT2D eigenvalue weighted by atomic mass is 35.5. The SMILES string of the molecule is Cn1ccc(CNS(=O)(=O)c2ccc(Cl)c([N+](=O)[O-])c2)n1. The van der Waals surface area contributed by atoms with Crippen LogP contribution in [0.4, 0.5) is 5.69 Å². The summed E-state index contributed by atoms with van der Waals surface area (Å²) in [6, 6.07) is 4.96. The molecule has 0 saturated heterocycles. The van der Waals surface area contributed by atoms with Crippen molar-refractivity contribution in [3.05, 3.63) is 51.3 Å². The molecule has 2 aromatic rings. The van der Waals surface area contributed by atoms with Crippen molar-refractivity contribution in [1.29, 1.82) is 0 Å². The van der Waals surface area contributed by atoms with Crippen molar-refractivity contribution in [2.75, 3.05) is 0 Å². The van der Waals surface area contributed by atoms with Crippen LogP contribution in [0.15, 0.2) is 35.4 Å². The van der Waals surface area contributed by atoms with Crippen LogP contribution in [0.25, 0.3) is 0 Å². The standard InChI is InChI=1S/C11H11ClN4O4S/c1-15-5-4-8(14-15)7-13-21(19,20)9-2-3-10(12)11(6-9)16(17)18/h2-6,13H,7H2,1H3. The number of nitrogens with zero attached hydrogens (tertiary/aromatic N) is 3. The maximum Gasteiger partial charge on any atom is 0.289 e. The smallest absolute Gasteiger partial charge is 0.276 e. The number of nitrogens with one attached hydrogen (secondary N) is 1. The average molecular weight is 331 g/mol. The van der Waals surface area contributed by atoms with E-state index >= 15 is 0 Å². The molecule has 0 radical (unpaired) electrons. The fraction of sp³-hybridized carbons (Fsp3) is 0.182. The number of halogens is 1. The van der Waals surface area contributed by atoms with Crippen LogP contribution in [0.1, 0.15) is 5.69 Å². The largest absolute Gasteiger partial charge is 0.289 e. The van der Waals surface area contributed by atoms with Gasteiger partial charge < -0.3 is 0 Å². The van der Waals surface area contributed by atoms with Gasteiger partial charge in [0.25, 0.3) is 5.69 Å². The Labute approximate surface area is 125 Å². The van der Waals surface area contributed by atoms with Crippen molar-refractivity contribution in [3.63, 3.8) is 0 Å². The maximum atomic E-state index is 12.1. The molecular formula is C11H11ClN4O4S. The molecule has 10 heteroatoms. The lowest BCUT2D eigenvalue weighted by atomic mass is 10.3. The number of aryl methyl sites for hydroxylation is 1. The van der Waals surface area contributed by atoms with Gasteiger partial charge in [0.1, 0.15) is 5.02 Å². The van der Waals surface area contributed by atoms with E-state index in [9.17, 15) is 18.5 Å². The molecule has 1 heterocycles. The third-order valence-corrected chi connectivity index (χ3v) is 4.36. The van der Waals surface area contributed by atoms with E-state index in [0.717, 1.165) is 6.07 Å². The fourth-order valence-corrected chi connectivity index (χ4v) is 2.81. The molecule has 0 fully saturated rings. The van der Waals surface area contributed by atoms with E-state index in [-0.39, 0.29) is 16.5 Å². The van der Waals surface area contributed by atoms with Gasteiger partial charge in [0.15, 0.2) is 0 Å². The Morgan fingerprint density at radius 3 is 2.71 bits per heavy atom. The Balaban J connectivity index is 2.23. The van der Waals surface area contributed by atoms with Crippen LogP contribution in [0.2, 0.25) is 5.02 Å². The number of benzene rings is 1. The Kier molecular flexibility index (Phi) is 4.26. The van der Waals surface area contributed by atoms with E-state index in [1.807, 2.05) is 0 Å². The topological polar surface area (TPSA) is 107 Å². The first-order chi connectivity index (χ1) is 9.79. The van der Waals surface area contributed by atoms with Crippen LogP contribution in [0.5, 0.6) is 0 Å². The predicted molar refractivity (Wildman–Crippen MR) is 75.3 cm³/mol. The van der Waals surface area contributed by atoms with Gasteiger partial charge in [0, 0.05) is 19.3 Å². The van der Waals surface area contributed by atoms with Gasteiger partial charge in [0.2, 0.25) is 10.0 Å². The molecule has 0 aliphatic carbocycles. The summed E-state index contributed by atoms with van der Waals surface area (Å²) in [6.45, 7) is -0.0143. The zero-order valence-corrected chi connectivity index (χ0v) is 12.4. The summed E-state index contributed by atoms with van der Waals surface area (Å²) in [5.41, 5.74) is 0.0712. The Morgan fingerprint density at radius 1 is 1.43 bits per heavy atom. The van der Waals surface area contributed by atoms with Gasteiger partial charge in [-0.2, -0.15) is 5.10 Å². The fourth-order valence-electron chi connectivity index (χ4n) is 1.61. The molecule has 0 atom stereocenters. The molecule has 0 aliphatic heterocycles. The zero-order chi connectivity index (χ0) is 15.6. The molecule has 0 aliphatic rings. The van der Waals surface area contributed by atoms with Crippen molar-refractivity contribution in [2.45, 2.75) is 11.4 Å². The molecule has 0 bridgehead atoms. The van der Waals surface area contributed by atoms with Crippen LogP contribution in [-0.2, 0) is 23.6 Å². The molecule has 112 valence electrons. The van der Waals surface area contributed by atoms with Crippen LogP contribution < -0.4 is 4.72 Å². The molecule has 0 amide bonds. The van der Waals surface area contributed by atoms with Crippen LogP contribution in [-0.4, -0.2) is 23.1 Å². The lowest BCUT2D eigenvalue weighted by Gasteiger charge is -2.05. The Hall–Kier alpha value is -1.97. The van der Waals surface area contributed by atoms with E-state index in [1.165, 1.54) is 16.8 Å². The van der Waals surface area contributed by atoms with E-state index in [4.69, 9.17) is 11.6 Å². The first-order valence-electron chi connectivity index (χ1n) is 5.72. The maximum absolute atomic E-state index is 12.1. The molecule has 0 unspecified atom stereocenters. The van der Waals surface area contributed by atoms with Crippen molar-refractivity contribution in [1.82, 2.24) is 14.5 Å². The number of hydrogen-bond donors (Lipinski definition) is 1. The third kappa shape index (κ3) is 3.57. The second kappa shape index (κ2) is 5.80. The summed E-state index contributed by atoms with van der Waals surface area (Å²) in [7, 11) is -2.18. The molecular weight excluding hydrogens is 320 g/mol. The van der Waals surface area contributed by atoms with E-state index in [0.29, 0.717) is 5.69 Å². The lowest BCUT2D eigenvalue weighted by Crippen LogP contribution is -2.23. The van der Waals surface area contributed by atoms with Crippen molar-refractivity contribution >= 4 is 27.3 Å². The van der Waals surface area contributed by atoms with E-state index < -0.39 is 20.6 Å². The molecule has 1 aromatic heterocycles.